The number of carbonyl (C=O) groups excluding carboxylic acids is 1. The van der Waals surface area contributed by atoms with Crippen LogP contribution >= 0.6 is 0 Å². The molecule has 9 heteroatoms. The Morgan fingerprint density at radius 3 is 2.67 bits per heavy atom. The van der Waals surface area contributed by atoms with Crippen molar-refractivity contribution in [1.29, 1.82) is 0 Å². The molecule has 2 aliphatic rings. The van der Waals surface area contributed by atoms with Gasteiger partial charge in [-0.2, -0.15) is 5.10 Å². The summed E-state index contributed by atoms with van der Waals surface area (Å²) in [5, 5.41) is 14.6. The molecule has 27 heavy (non-hydrogen) atoms. The fourth-order valence-electron chi connectivity index (χ4n) is 4.30. The first-order valence-corrected chi connectivity index (χ1v) is 8.83. The summed E-state index contributed by atoms with van der Waals surface area (Å²) in [6.07, 6.45) is 3.62. The average molecular weight is 378 g/mol. The summed E-state index contributed by atoms with van der Waals surface area (Å²) in [5.41, 5.74) is -0.208. The van der Waals surface area contributed by atoms with Gasteiger partial charge in [-0.1, -0.05) is 0 Å². The number of ether oxygens (including phenoxy) is 1. The van der Waals surface area contributed by atoms with Crippen LogP contribution < -0.4 is 4.74 Å². The smallest absolute Gasteiger partial charge is 0.256 e. The van der Waals surface area contributed by atoms with E-state index in [-0.39, 0.29) is 23.4 Å². The van der Waals surface area contributed by atoms with Crippen LogP contribution in [-0.2, 0) is 0 Å². The highest BCUT2D eigenvalue weighted by Gasteiger charge is 2.44. The molecule has 4 rings (SSSR count). The number of likely N-dealkylation sites (tertiary alicyclic amines) is 1. The lowest BCUT2D eigenvalue weighted by Crippen LogP contribution is -2.36. The molecule has 0 radical (unpaired) electrons. The van der Waals surface area contributed by atoms with Gasteiger partial charge in [-0.3, -0.25) is 4.79 Å². The molecule has 1 aliphatic carbocycles. The molecular weight excluding hydrogens is 358 g/mol. The van der Waals surface area contributed by atoms with E-state index in [1.165, 1.54) is 6.33 Å². The molecule has 2 aromatic rings. The van der Waals surface area contributed by atoms with Gasteiger partial charge in [-0.25, -0.2) is 18.4 Å². The van der Waals surface area contributed by atoms with E-state index in [2.05, 4.69) is 10.1 Å². The largest absolute Gasteiger partial charge is 0.491 e. The van der Waals surface area contributed by atoms with Gasteiger partial charge in [0.05, 0.1) is 24.8 Å². The van der Waals surface area contributed by atoms with E-state index in [1.807, 2.05) is 0 Å². The molecule has 1 aliphatic heterocycles. The lowest BCUT2D eigenvalue weighted by molar-refractivity contribution is 0.0304. The topological polar surface area (TPSA) is 80.5 Å². The minimum absolute atomic E-state index is 0.133. The Morgan fingerprint density at radius 2 is 2.00 bits per heavy atom. The van der Waals surface area contributed by atoms with Gasteiger partial charge in [0.1, 0.15) is 12.7 Å². The minimum Gasteiger partial charge on any atom is -0.491 e. The highest BCUT2D eigenvalue weighted by molar-refractivity contribution is 5.95. The number of hydrogen-bond acceptors (Lipinski definition) is 5. The molecule has 1 N–H and O–H groups in total. The van der Waals surface area contributed by atoms with Crippen LogP contribution in [0.2, 0.25) is 0 Å². The van der Waals surface area contributed by atoms with E-state index in [4.69, 9.17) is 4.74 Å². The highest BCUT2D eigenvalue weighted by Crippen LogP contribution is 2.41. The zero-order valence-electron chi connectivity index (χ0n) is 14.8. The van der Waals surface area contributed by atoms with E-state index in [0.29, 0.717) is 25.9 Å². The molecule has 1 aromatic heterocycles. The van der Waals surface area contributed by atoms with Gasteiger partial charge in [-0.15, -0.1) is 0 Å². The third kappa shape index (κ3) is 3.05. The monoisotopic (exact) mass is 378 g/mol. The van der Waals surface area contributed by atoms with Crippen molar-refractivity contribution in [2.24, 2.45) is 11.8 Å². The van der Waals surface area contributed by atoms with E-state index < -0.39 is 29.4 Å². The number of aliphatic hydroxyl groups is 1. The quantitative estimate of drug-likeness (QED) is 0.879. The Kier molecular flexibility index (Phi) is 4.55. The van der Waals surface area contributed by atoms with Gasteiger partial charge in [0.25, 0.3) is 5.91 Å². The van der Waals surface area contributed by atoms with Gasteiger partial charge < -0.3 is 14.7 Å². The number of rotatable bonds is 3. The Bertz CT molecular complexity index is 845. The van der Waals surface area contributed by atoms with E-state index in [9.17, 15) is 18.7 Å². The molecule has 2 heterocycles. The number of amides is 1. The number of hydrogen-bond donors (Lipinski definition) is 1. The molecule has 4 atom stereocenters. The Hall–Kier alpha value is -2.55. The normalized spacial score (nSPS) is 27.5. The van der Waals surface area contributed by atoms with Crippen molar-refractivity contribution < 1.29 is 23.4 Å². The summed E-state index contributed by atoms with van der Waals surface area (Å²) >= 11 is 0. The first-order valence-electron chi connectivity index (χ1n) is 8.83. The summed E-state index contributed by atoms with van der Waals surface area (Å²) in [4.78, 5) is 18.3. The van der Waals surface area contributed by atoms with Crippen LogP contribution in [0, 0.1) is 23.5 Å². The van der Waals surface area contributed by atoms with Crippen molar-refractivity contribution in [3.05, 3.63) is 42.0 Å². The van der Waals surface area contributed by atoms with Gasteiger partial charge >= 0.3 is 0 Å². The van der Waals surface area contributed by atoms with Crippen LogP contribution in [0.3, 0.4) is 0 Å². The van der Waals surface area contributed by atoms with Crippen molar-refractivity contribution in [3.8, 4) is 5.75 Å². The van der Waals surface area contributed by atoms with Gasteiger partial charge in [0.2, 0.25) is 0 Å². The first kappa shape index (κ1) is 17.8. The van der Waals surface area contributed by atoms with Crippen molar-refractivity contribution in [3.63, 3.8) is 0 Å². The second-order valence-electron chi connectivity index (χ2n) is 7.15. The van der Waals surface area contributed by atoms with Crippen LogP contribution in [0.25, 0.3) is 0 Å². The van der Waals surface area contributed by atoms with E-state index in [1.54, 1.807) is 15.9 Å². The fourth-order valence-corrected chi connectivity index (χ4v) is 4.30. The van der Waals surface area contributed by atoms with Crippen molar-refractivity contribution in [1.82, 2.24) is 19.7 Å². The standard InChI is InChI=1S/C18H20F2N4O3/c1-27-17-13(19)3-2-12(16(17)20)18(26)23-6-10-4-14(24-9-21-8-22-24)15(25)5-11(10)7-23/h2-3,8-11,14-15,25H,4-7H2,1H3/t10-,11+,14-,15-/m1/s1. The van der Waals surface area contributed by atoms with Gasteiger partial charge in [0.15, 0.2) is 17.4 Å². The maximum atomic E-state index is 14.4. The molecule has 1 aromatic carbocycles. The number of aliphatic hydroxyl groups excluding tert-OH is 1. The third-order valence-corrected chi connectivity index (χ3v) is 5.66. The Balaban J connectivity index is 1.52. The predicted octanol–water partition coefficient (Wildman–Crippen LogP) is 1.65. The summed E-state index contributed by atoms with van der Waals surface area (Å²) in [7, 11) is 1.16. The number of aromatic nitrogens is 3. The fraction of sp³-hybridized carbons (Fsp3) is 0.500. The maximum Gasteiger partial charge on any atom is 0.256 e. The zero-order chi connectivity index (χ0) is 19.1. The van der Waals surface area contributed by atoms with E-state index in [0.717, 1.165) is 19.2 Å². The number of nitrogens with zero attached hydrogens (tertiary/aromatic N) is 4. The van der Waals surface area contributed by atoms with Crippen LogP contribution in [0.4, 0.5) is 8.78 Å². The molecule has 1 amide bonds. The molecule has 7 nitrogen and oxygen atoms in total. The lowest BCUT2D eigenvalue weighted by atomic mass is 9.77. The molecule has 0 unspecified atom stereocenters. The first-order chi connectivity index (χ1) is 13.0. The number of carbonyl (C=O) groups is 1. The highest BCUT2D eigenvalue weighted by atomic mass is 19.1. The summed E-state index contributed by atoms with van der Waals surface area (Å²) in [6, 6.07) is 1.99. The number of benzene rings is 1. The van der Waals surface area contributed by atoms with Crippen LogP contribution in [0.15, 0.2) is 24.8 Å². The zero-order valence-corrected chi connectivity index (χ0v) is 14.8. The molecule has 1 saturated heterocycles. The third-order valence-electron chi connectivity index (χ3n) is 5.66. The summed E-state index contributed by atoms with van der Waals surface area (Å²) < 4.78 is 34.4. The summed E-state index contributed by atoms with van der Waals surface area (Å²) in [5.74, 6) is -2.57. The van der Waals surface area contributed by atoms with Crippen LogP contribution in [0.5, 0.6) is 5.75 Å². The average Bonchev–Trinajstić information content (AvgIpc) is 3.30. The van der Waals surface area contributed by atoms with Gasteiger partial charge in [0, 0.05) is 13.1 Å². The summed E-state index contributed by atoms with van der Waals surface area (Å²) in [6.45, 7) is 0.893. The molecule has 0 bridgehead atoms. The Labute approximate surface area is 154 Å². The van der Waals surface area contributed by atoms with Crippen molar-refractivity contribution in [2.75, 3.05) is 20.2 Å². The molecular formula is C18H20F2N4O3. The van der Waals surface area contributed by atoms with E-state index >= 15 is 0 Å². The predicted molar refractivity (Wildman–Crippen MR) is 90.1 cm³/mol. The number of halogens is 2. The molecule has 144 valence electrons. The molecule has 0 spiro atoms. The minimum atomic E-state index is -0.988. The molecule has 2 fully saturated rings. The van der Waals surface area contributed by atoms with Crippen LogP contribution in [0.1, 0.15) is 29.2 Å². The Morgan fingerprint density at radius 1 is 1.26 bits per heavy atom. The number of methoxy groups -OCH3 is 1. The lowest BCUT2D eigenvalue weighted by Gasteiger charge is -2.34. The number of fused-ring (bicyclic) bond motifs is 1. The van der Waals surface area contributed by atoms with Crippen molar-refractivity contribution in [2.45, 2.75) is 25.0 Å². The second-order valence-corrected chi connectivity index (χ2v) is 7.15. The SMILES string of the molecule is COc1c(F)ccc(C(=O)N2C[C@H]3C[C@@H](n4cncn4)[C@H](O)C[C@H]3C2)c1F. The second kappa shape index (κ2) is 6.88. The molecule has 1 saturated carbocycles. The van der Waals surface area contributed by atoms with Crippen LogP contribution in [-0.4, -0.2) is 57.0 Å². The van der Waals surface area contributed by atoms with Gasteiger partial charge in [-0.05, 0) is 36.8 Å². The van der Waals surface area contributed by atoms with Crippen molar-refractivity contribution >= 4 is 5.91 Å². The maximum absolute atomic E-state index is 14.4.